The Hall–Kier alpha value is -2.64. The summed E-state index contributed by atoms with van der Waals surface area (Å²) in [6.07, 6.45) is 0. The molecular formula is C18H14N2OS. The molecule has 0 aliphatic carbocycles. The minimum absolute atomic E-state index is 0.588. The third-order valence-corrected chi connectivity index (χ3v) is 4.38. The Morgan fingerprint density at radius 3 is 2.64 bits per heavy atom. The Balaban J connectivity index is 2.28. The average Bonchev–Trinajstić information content (AvgIpc) is 3.08. The molecule has 3 rings (SSSR count). The first kappa shape index (κ1) is 14.3. The smallest absolute Gasteiger partial charge is 0.126 e. The Bertz CT molecular complexity index is 848. The van der Waals surface area contributed by atoms with Crippen LogP contribution in [0.3, 0.4) is 0 Å². The number of aromatic nitrogens is 1. The van der Waals surface area contributed by atoms with Crippen molar-refractivity contribution < 1.29 is 4.74 Å². The maximum Gasteiger partial charge on any atom is 0.126 e. The van der Waals surface area contributed by atoms with Crippen molar-refractivity contribution in [3.8, 4) is 33.5 Å². The van der Waals surface area contributed by atoms with Crippen LogP contribution in [0.4, 0.5) is 0 Å². The number of benzene rings is 1. The third kappa shape index (κ3) is 2.47. The molecule has 108 valence electrons. The van der Waals surface area contributed by atoms with Gasteiger partial charge in [-0.25, -0.2) is 0 Å². The molecule has 1 aromatic carbocycles. The van der Waals surface area contributed by atoms with Crippen LogP contribution in [0, 0.1) is 18.3 Å². The number of nitrogens with zero attached hydrogens (tertiary/aromatic N) is 2. The van der Waals surface area contributed by atoms with Gasteiger partial charge in [-0.3, -0.25) is 4.98 Å². The fourth-order valence-corrected chi connectivity index (χ4v) is 3.13. The molecule has 0 fully saturated rings. The lowest BCUT2D eigenvalue weighted by molar-refractivity contribution is 0.416. The first-order chi connectivity index (χ1) is 10.7. The Morgan fingerprint density at radius 1 is 1.14 bits per heavy atom. The Kier molecular flexibility index (Phi) is 3.90. The SMILES string of the molecule is COc1ccccc1-c1cc(-c2cccs2)nc(C)c1C#N. The molecule has 0 N–H and O–H groups in total. The predicted octanol–water partition coefficient (Wildman–Crippen LogP) is 4.67. The highest BCUT2D eigenvalue weighted by Gasteiger charge is 2.15. The van der Waals surface area contributed by atoms with Gasteiger partial charge in [-0.05, 0) is 30.5 Å². The van der Waals surface area contributed by atoms with E-state index in [9.17, 15) is 5.26 Å². The van der Waals surface area contributed by atoms with Crippen LogP contribution in [-0.4, -0.2) is 12.1 Å². The molecule has 4 heteroatoms. The van der Waals surface area contributed by atoms with Crippen LogP contribution in [0.1, 0.15) is 11.3 Å². The van der Waals surface area contributed by atoms with Crippen LogP contribution >= 0.6 is 11.3 Å². The van der Waals surface area contributed by atoms with Gasteiger partial charge in [-0.2, -0.15) is 5.26 Å². The quantitative estimate of drug-likeness (QED) is 0.706. The van der Waals surface area contributed by atoms with E-state index < -0.39 is 0 Å². The number of nitriles is 1. The largest absolute Gasteiger partial charge is 0.496 e. The normalized spacial score (nSPS) is 10.2. The molecule has 0 saturated carbocycles. The molecule has 22 heavy (non-hydrogen) atoms. The van der Waals surface area contributed by atoms with Gasteiger partial charge in [0, 0.05) is 11.1 Å². The molecule has 0 bridgehead atoms. The van der Waals surface area contributed by atoms with Crippen molar-refractivity contribution in [2.24, 2.45) is 0 Å². The van der Waals surface area contributed by atoms with E-state index >= 15 is 0 Å². The third-order valence-electron chi connectivity index (χ3n) is 3.48. The van der Waals surface area contributed by atoms with Gasteiger partial charge in [0.15, 0.2) is 0 Å². The van der Waals surface area contributed by atoms with Gasteiger partial charge in [0.05, 0.1) is 28.9 Å². The Morgan fingerprint density at radius 2 is 1.95 bits per heavy atom. The summed E-state index contributed by atoms with van der Waals surface area (Å²) >= 11 is 1.64. The molecule has 3 nitrogen and oxygen atoms in total. The van der Waals surface area contributed by atoms with E-state index in [1.54, 1.807) is 18.4 Å². The van der Waals surface area contributed by atoms with Gasteiger partial charge in [0.25, 0.3) is 0 Å². The van der Waals surface area contributed by atoms with E-state index in [0.717, 1.165) is 33.1 Å². The van der Waals surface area contributed by atoms with E-state index in [0.29, 0.717) is 5.56 Å². The molecule has 0 radical (unpaired) electrons. The van der Waals surface area contributed by atoms with E-state index in [-0.39, 0.29) is 0 Å². The highest BCUT2D eigenvalue weighted by Crippen LogP contribution is 2.36. The number of para-hydroxylation sites is 1. The number of pyridine rings is 1. The number of ether oxygens (including phenoxy) is 1. The molecule has 0 aliphatic heterocycles. The fourth-order valence-electron chi connectivity index (χ4n) is 2.44. The molecule has 0 amide bonds. The number of aryl methyl sites for hydroxylation is 1. The highest BCUT2D eigenvalue weighted by atomic mass is 32.1. The second-order valence-corrected chi connectivity index (χ2v) is 5.75. The monoisotopic (exact) mass is 306 g/mol. The minimum Gasteiger partial charge on any atom is -0.496 e. The van der Waals surface area contributed by atoms with E-state index in [1.807, 2.05) is 54.8 Å². The van der Waals surface area contributed by atoms with Crippen molar-refractivity contribution in [2.45, 2.75) is 6.92 Å². The average molecular weight is 306 g/mol. The van der Waals surface area contributed by atoms with Gasteiger partial charge < -0.3 is 4.74 Å². The second-order valence-electron chi connectivity index (χ2n) is 4.80. The molecule has 0 aliphatic rings. The number of rotatable bonds is 3. The predicted molar refractivity (Wildman–Crippen MR) is 89.0 cm³/mol. The summed E-state index contributed by atoms with van der Waals surface area (Å²) in [5.74, 6) is 0.752. The summed E-state index contributed by atoms with van der Waals surface area (Å²) in [4.78, 5) is 5.66. The summed E-state index contributed by atoms with van der Waals surface area (Å²) in [7, 11) is 1.64. The zero-order valence-corrected chi connectivity index (χ0v) is 13.1. The van der Waals surface area contributed by atoms with E-state index in [1.165, 1.54) is 0 Å². The Labute approximate surface area is 133 Å². The zero-order valence-electron chi connectivity index (χ0n) is 12.3. The van der Waals surface area contributed by atoms with Gasteiger partial charge in [0.1, 0.15) is 11.8 Å². The summed E-state index contributed by atoms with van der Waals surface area (Å²) in [6.45, 7) is 1.87. The number of thiophene rings is 1. The maximum atomic E-state index is 9.52. The summed E-state index contributed by atoms with van der Waals surface area (Å²) in [5.41, 5.74) is 3.97. The first-order valence-corrected chi connectivity index (χ1v) is 7.71. The molecule has 0 saturated heterocycles. The highest BCUT2D eigenvalue weighted by molar-refractivity contribution is 7.13. The standard InChI is InChI=1S/C18H14N2OS/c1-12-15(11-19)14(13-6-3-4-7-17(13)21-2)10-16(20-12)18-8-5-9-22-18/h3-10H,1-2H3. The topological polar surface area (TPSA) is 45.9 Å². The summed E-state index contributed by atoms with van der Waals surface area (Å²) in [6, 6.07) is 16.0. The molecule has 0 spiro atoms. The number of methoxy groups -OCH3 is 1. The van der Waals surface area contributed by atoms with E-state index in [4.69, 9.17) is 4.74 Å². The van der Waals surface area contributed by atoms with Crippen molar-refractivity contribution in [3.63, 3.8) is 0 Å². The van der Waals surface area contributed by atoms with Crippen molar-refractivity contribution in [3.05, 3.63) is 59.1 Å². The van der Waals surface area contributed by atoms with Crippen molar-refractivity contribution >= 4 is 11.3 Å². The van der Waals surface area contributed by atoms with Crippen LogP contribution in [0.2, 0.25) is 0 Å². The summed E-state index contributed by atoms with van der Waals surface area (Å²) in [5, 5.41) is 11.5. The van der Waals surface area contributed by atoms with Gasteiger partial charge in [0.2, 0.25) is 0 Å². The van der Waals surface area contributed by atoms with Crippen LogP contribution in [-0.2, 0) is 0 Å². The van der Waals surface area contributed by atoms with Crippen molar-refractivity contribution in [1.82, 2.24) is 4.98 Å². The lowest BCUT2D eigenvalue weighted by Crippen LogP contribution is -1.96. The van der Waals surface area contributed by atoms with E-state index in [2.05, 4.69) is 11.1 Å². The first-order valence-electron chi connectivity index (χ1n) is 6.83. The second kappa shape index (κ2) is 6.00. The number of hydrogen-bond donors (Lipinski definition) is 0. The van der Waals surface area contributed by atoms with Crippen molar-refractivity contribution in [1.29, 1.82) is 5.26 Å². The van der Waals surface area contributed by atoms with Gasteiger partial charge in [-0.15, -0.1) is 11.3 Å². The lowest BCUT2D eigenvalue weighted by Gasteiger charge is -2.12. The molecule has 2 aromatic heterocycles. The van der Waals surface area contributed by atoms with Crippen LogP contribution < -0.4 is 4.74 Å². The maximum absolute atomic E-state index is 9.52. The number of hydrogen-bond acceptors (Lipinski definition) is 4. The van der Waals surface area contributed by atoms with Crippen LogP contribution in [0.15, 0.2) is 47.8 Å². The lowest BCUT2D eigenvalue weighted by atomic mass is 9.97. The summed E-state index contributed by atoms with van der Waals surface area (Å²) < 4.78 is 5.44. The molecule has 0 atom stereocenters. The molecule has 0 unspecified atom stereocenters. The zero-order chi connectivity index (χ0) is 15.5. The van der Waals surface area contributed by atoms with Gasteiger partial charge in [-0.1, -0.05) is 24.3 Å². The molecule has 3 aromatic rings. The fraction of sp³-hybridized carbons (Fsp3) is 0.111. The van der Waals surface area contributed by atoms with Crippen LogP contribution in [0.25, 0.3) is 21.7 Å². The molecule has 2 heterocycles. The van der Waals surface area contributed by atoms with Crippen molar-refractivity contribution in [2.75, 3.05) is 7.11 Å². The van der Waals surface area contributed by atoms with Gasteiger partial charge >= 0.3 is 0 Å². The molecular weight excluding hydrogens is 292 g/mol. The minimum atomic E-state index is 0.588. The van der Waals surface area contributed by atoms with Crippen LogP contribution in [0.5, 0.6) is 5.75 Å².